The van der Waals surface area contributed by atoms with Gasteiger partial charge in [0, 0.05) is 11.3 Å². The van der Waals surface area contributed by atoms with Gasteiger partial charge in [0.2, 0.25) is 0 Å². The van der Waals surface area contributed by atoms with Crippen LogP contribution < -0.4 is 10.5 Å². The Morgan fingerprint density at radius 2 is 1.95 bits per heavy atom. The van der Waals surface area contributed by atoms with Gasteiger partial charge in [0.1, 0.15) is 5.75 Å². The molecule has 1 heterocycles. The number of aromatic nitrogens is 4. The molecule has 0 saturated heterocycles. The van der Waals surface area contributed by atoms with Crippen molar-refractivity contribution in [1.29, 1.82) is 0 Å². The molecular weight excluding hydrogens is 266 g/mol. The third kappa shape index (κ3) is 2.69. The minimum absolute atomic E-state index is 0.583. The molecule has 0 amide bonds. The number of rotatable bonds is 4. The Bertz CT molecular complexity index is 739. The van der Waals surface area contributed by atoms with Crippen LogP contribution in [0.1, 0.15) is 5.56 Å². The SMILES string of the molecule is COc1ccc(N)c(-c2nnnn2Cc2ccccc2)c1. The quantitative estimate of drug-likeness (QED) is 0.740. The van der Waals surface area contributed by atoms with Crippen LogP contribution in [0.15, 0.2) is 48.5 Å². The molecular formula is C15H15N5O. The molecule has 0 aliphatic heterocycles. The highest BCUT2D eigenvalue weighted by Crippen LogP contribution is 2.28. The number of nitrogens with two attached hydrogens (primary N) is 1. The summed E-state index contributed by atoms with van der Waals surface area (Å²) < 4.78 is 6.96. The van der Waals surface area contributed by atoms with Crippen molar-refractivity contribution in [1.82, 2.24) is 20.2 Å². The van der Waals surface area contributed by atoms with E-state index >= 15 is 0 Å². The molecule has 2 aromatic carbocycles. The molecule has 106 valence electrons. The average molecular weight is 281 g/mol. The first-order valence-electron chi connectivity index (χ1n) is 6.52. The van der Waals surface area contributed by atoms with Gasteiger partial charge in [-0.05, 0) is 34.2 Å². The fourth-order valence-electron chi connectivity index (χ4n) is 2.12. The Morgan fingerprint density at radius 1 is 1.14 bits per heavy atom. The maximum Gasteiger partial charge on any atom is 0.184 e. The van der Waals surface area contributed by atoms with Gasteiger partial charge >= 0.3 is 0 Å². The Morgan fingerprint density at radius 3 is 2.71 bits per heavy atom. The molecule has 21 heavy (non-hydrogen) atoms. The monoisotopic (exact) mass is 281 g/mol. The third-order valence-corrected chi connectivity index (χ3v) is 3.21. The van der Waals surface area contributed by atoms with Gasteiger partial charge in [-0.1, -0.05) is 30.3 Å². The van der Waals surface area contributed by atoms with Crippen molar-refractivity contribution in [3.8, 4) is 17.1 Å². The van der Waals surface area contributed by atoms with Crippen LogP contribution in [0.2, 0.25) is 0 Å². The van der Waals surface area contributed by atoms with Crippen molar-refractivity contribution in [3.63, 3.8) is 0 Å². The average Bonchev–Trinajstić information content (AvgIpc) is 2.97. The largest absolute Gasteiger partial charge is 0.497 e. The molecule has 6 nitrogen and oxygen atoms in total. The molecule has 0 spiro atoms. The van der Waals surface area contributed by atoms with E-state index in [1.165, 1.54) is 0 Å². The molecule has 0 saturated carbocycles. The topological polar surface area (TPSA) is 78.8 Å². The lowest BCUT2D eigenvalue weighted by Gasteiger charge is -2.09. The molecule has 3 rings (SSSR count). The van der Waals surface area contributed by atoms with Gasteiger partial charge in [-0.2, -0.15) is 0 Å². The van der Waals surface area contributed by atoms with Gasteiger partial charge in [0.15, 0.2) is 5.82 Å². The summed E-state index contributed by atoms with van der Waals surface area (Å²) in [5.41, 5.74) is 8.52. The van der Waals surface area contributed by atoms with Crippen molar-refractivity contribution in [2.75, 3.05) is 12.8 Å². The molecule has 2 N–H and O–H groups in total. The van der Waals surface area contributed by atoms with Crippen molar-refractivity contribution in [2.45, 2.75) is 6.54 Å². The van der Waals surface area contributed by atoms with E-state index in [2.05, 4.69) is 15.5 Å². The molecule has 0 aliphatic carbocycles. The summed E-state index contributed by atoms with van der Waals surface area (Å²) in [6, 6.07) is 15.4. The third-order valence-electron chi connectivity index (χ3n) is 3.21. The highest BCUT2D eigenvalue weighted by Gasteiger charge is 2.13. The molecule has 0 fully saturated rings. The van der Waals surface area contributed by atoms with Crippen LogP contribution in [-0.2, 0) is 6.54 Å². The lowest BCUT2D eigenvalue weighted by atomic mass is 10.1. The number of hydrogen-bond donors (Lipinski definition) is 1. The van der Waals surface area contributed by atoms with Crippen LogP contribution in [0, 0.1) is 0 Å². The second-order valence-corrected chi connectivity index (χ2v) is 4.60. The highest BCUT2D eigenvalue weighted by molar-refractivity contribution is 5.73. The number of methoxy groups -OCH3 is 1. The summed E-state index contributed by atoms with van der Waals surface area (Å²) in [6.07, 6.45) is 0. The van der Waals surface area contributed by atoms with Crippen molar-refractivity contribution in [2.24, 2.45) is 0 Å². The summed E-state index contributed by atoms with van der Waals surface area (Å²) in [5.74, 6) is 1.34. The van der Waals surface area contributed by atoms with E-state index in [-0.39, 0.29) is 0 Å². The van der Waals surface area contributed by atoms with E-state index in [1.807, 2.05) is 42.5 Å². The zero-order chi connectivity index (χ0) is 14.7. The van der Waals surface area contributed by atoms with Crippen molar-refractivity contribution >= 4 is 5.69 Å². The van der Waals surface area contributed by atoms with E-state index in [9.17, 15) is 0 Å². The van der Waals surface area contributed by atoms with E-state index in [4.69, 9.17) is 10.5 Å². The molecule has 0 radical (unpaired) electrons. The Kier molecular flexibility index (Phi) is 3.51. The van der Waals surface area contributed by atoms with Gasteiger partial charge < -0.3 is 10.5 Å². The minimum atomic E-state index is 0.583. The fourth-order valence-corrected chi connectivity index (χ4v) is 2.12. The lowest BCUT2D eigenvalue weighted by molar-refractivity contribution is 0.415. The smallest absolute Gasteiger partial charge is 0.184 e. The second kappa shape index (κ2) is 5.62. The standard InChI is InChI=1S/C15H15N5O/c1-21-12-7-8-14(16)13(9-12)15-17-18-19-20(15)10-11-5-3-2-4-6-11/h2-9H,10,16H2,1H3. The first-order chi connectivity index (χ1) is 10.3. The van der Waals surface area contributed by atoms with Gasteiger partial charge in [-0.15, -0.1) is 5.10 Å². The van der Waals surface area contributed by atoms with Crippen LogP contribution in [0.3, 0.4) is 0 Å². The number of ether oxygens (including phenoxy) is 1. The van der Waals surface area contributed by atoms with Crippen LogP contribution in [0.4, 0.5) is 5.69 Å². The highest BCUT2D eigenvalue weighted by atomic mass is 16.5. The molecule has 0 bridgehead atoms. The second-order valence-electron chi connectivity index (χ2n) is 4.60. The first kappa shape index (κ1) is 13.1. The summed E-state index contributed by atoms with van der Waals surface area (Å²) in [4.78, 5) is 0. The lowest BCUT2D eigenvalue weighted by Crippen LogP contribution is -2.05. The van der Waals surface area contributed by atoms with Crippen LogP contribution in [-0.4, -0.2) is 27.3 Å². The van der Waals surface area contributed by atoms with Gasteiger partial charge in [-0.25, -0.2) is 4.68 Å². The van der Waals surface area contributed by atoms with E-state index in [0.717, 1.165) is 11.1 Å². The zero-order valence-corrected chi connectivity index (χ0v) is 11.6. The van der Waals surface area contributed by atoms with E-state index < -0.39 is 0 Å². The summed E-state index contributed by atoms with van der Waals surface area (Å²) in [5, 5.41) is 11.9. The van der Waals surface area contributed by atoms with Gasteiger partial charge in [0.25, 0.3) is 0 Å². The summed E-state index contributed by atoms with van der Waals surface area (Å²) in [7, 11) is 1.61. The number of nitrogen functional groups attached to an aromatic ring is 1. The molecule has 0 aliphatic rings. The Labute approximate surface area is 122 Å². The molecule has 6 heteroatoms. The van der Waals surface area contributed by atoms with Crippen LogP contribution >= 0.6 is 0 Å². The van der Waals surface area contributed by atoms with Crippen LogP contribution in [0.25, 0.3) is 11.4 Å². The first-order valence-corrected chi connectivity index (χ1v) is 6.52. The number of nitrogens with zero attached hydrogens (tertiary/aromatic N) is 4. The summed E-state index contributed by atoms with van der Waals surface area (Å²) >= 11 is 0. The molecule has 0 atom stereocenters. The molecule has 0 unspecified atom stereocenters. The Balaban J connectivity index is 1.99. The Hall–Kier alpha value is -2.89. The maximum atomic E-state index is 6.03. The number of anilines is 1. The summed E-state index contributed by atoms with van der Waals surface area (Å²) in [6.45, 7) is 0.583. The molecule has 1 aromatic heterocycles. The predicted octanol–water partition coefficient (Wildman–Crippen LogP) is 1.98. The maximum absolute atomic E-state index is 6.03. The normalized spacial score (nSPS) is 10.5. The van der Waals surface area contributed by atoms with E-state index in [0.29, 0.717) is 23.8 Å². The number of hydrogen-bond acceptors (Lipinski definition) is 5. The number of benzene rings is 2. The van der Waals surface area contributed by atoms with Crippen molar-refractivity contribution < 1.29 is 4.74 Å². The van der Waals surface area contributed by atoms with E-state index in [1.54, 1.807) is 17.9 Å². The number of tetrazole rings is 1. The molecule has 3 aromatic rings. The zero-order valence-electron chi connectivity index (χ0n) is 11.6. The van der Waals surface area contributed by atoms with Crippen molar-refractivity contribution in [3.05, 3.63) is 54.1 Å². The fraction of sp³-hybridized carbons (Fsp3) is 0.133. The van der Waals surface area contributed by atoms with Gasteiger partial charge in [-0.3, -0.25) is 0 Å². The van der Waals surface area contributed by atoms with Gasteiger partial charge in [0.05, 0.1) is 13.7 Å². The predicted molar refractivity (Wildman–Crippen MR) is 79.8 cm³/mol. The minimum Gasteiger partial charge on any atom is -0.497 e. The van der Waals surface area contributed by atoms with Crippen LogP contribution in [0.5, 0.6) is 5.75 Å².